The second-order valence-corrected chi connectivity index (χ2v) is 9.41. The van der Waals surface area contributed by atoms with Crippen molar-refractivity contribution in [3.8, 4) is 0 Å². The quantitative estimate of drug-likeness (QED) is 0.479. The summed E-state index contributed by atoms with van der Waals surface area (Å²) in [7, 11) is 0. The first kappa shape index (κ1) is 23.4. The lowest BCUT2D eigenvalue weighted by molar-refractivity contribution is -0.173. The van der Waals surface area contributed by atoms with E-state index in [1.54, 1.807) is 4.90 Å². The summed E-state index contributed by atoms with van der Waals surface area (Å²) in [5, 5.41) is 2.51. The van der Waals surface area contributed by atoms with E-state index in [1.165, 1.54) is 10.1 Å². The van der Waals surface area contributed by atoms with Gasteiger partial charge in [-0.3, -0.25) is 14.4 Å². The molecule has 3 heterocycles. The summed E-state index contributed by atoms with van der Waals surface area (Å²) in [4.78, 5) is 53.1. The lowest BCUT2D eigenvalue weighted by Gasteiger charge is -2.37. The van der Waals surface area contributed by atoms with Gasteiger partial charge in [0.05, 0.1) is 17.9 Å². The Bertz CT molecular complexity index is 1210. The van der Waals surface area contributed by atoms with E-state index in [2.05, 4.69) is 0 Å². The molecule has 0 N–H and O–H groups in total. The van der Waals surface area contributed by atoms with Gasteiger partial charge in [0.15, 0.2) is 0 Å². The van der Waals surface area contributed by atoms with Crippen LogP contribution < -0.4 is 15.0 Å². The molecule has 0 aliphatic carbocycles. The van der Waals surface area contributed by atoms with E-state index in [1.807, 2.05) is 72.8 Å². The van der Waals surface area contributed by atoms with Crippen molar-refractivity contribution in [2.45, 2.75) is 44.8 Å². The van der Waals surface area contributed by atoms with Gasteiger partial charge in [-0.15, -0.1) is 0 Å². The molecule has 0 fully saturated rings. The van der Waals surface area contributed by atoms with Crippen LogP contribution in [-0.4, -0.2) is 30.6 Å². The fourth-order valence-electron chi connectivity index (χ4n) is 5.19. The van der Waals surface area contributed by atoms with Crippen molar-refractivity contribution in [1.29, 1.82) is 0 Å². The molecule has 0 unspecified atom stereocenters. The highest BCUT2D eigenvalue weighted by Crippen LogP contribution is 2.33. The number of hydrogen-bond donors (Lipinski definition) is 0. The molecule has 37 heavy (non-hydrogen) atoms. The maximum absolute atomic E-state index is 13.1. The monoisotopic (exact) mass is 497 g/mol. The van der Waals surface area contributed by atoms with Crippen molar-refractivity contribution in [3.63, 3.8) is 0 Å². The molecule has 6 rings (SSSR count). The van der Waals surface area contributed by atoms with Crippen molar-refractivity contribution in [2.75, 3.05) is 21.6 Å². The Labute approximate surface area is 214 Å². The lowest BCUT2D eigenvalue weighted by Crippen LogP contribution is -2.50. The molecule has 3 aromatic rings. The Balaban J connectivity index is 1.35. The van der Waals surface area contributed by atoms with Crippen LogP contribution in [0.5, 0.6) is 0 Å². The molecule has 0 spiro atoms. The average Bonchev–Trinajstić information content (AvgIpc) is 2.93. The Kier molecular flexibility index (Phi) is 6.20. The van der Waals surface area contributed by atoms with Crippen molar-refractivity contribution < 1.29 is 24.1 Å². The summed E-state index contributed by atoms with van der Waals surface area (Å²) < 4.78 is 0. The number of hydrogen-bond acceptors (Lipinski definition) is 5. The van der Waals surface area contributed by atoms with Crippen LogP contribution in [-0.2, 0) is 43.3 Å². The lowest BCUT2D eigenvalue weighted by atomic mass is 10.0. The largest absolute Gasteiger partial charge is 0.307 e. The predicted molar refractivity (Wildman–Crippen MR) is 138 cm³/mol. The highest BCUT2D eigenvalue weighted by molar-refractivity contribution is 5.97. The summed E-state index contributed by atoms with van der Waals surface area (Å²) >= 11 is 0. The smallest absolute Gasteiger partial charge is 0.251 e. The number of carbonyl (C=O) groups is 3. The van der Waals surface area contributed by atoms with Gasteiger partial charge in [0.25, 0.3) is 11.8 Å². The number of hydroxylamine groups is 2. The molecule has 0 bridgehead atoms. The standard InChI is InChI=1S/C29H27N3O5/c33-26-16-13-20-7-1-4-10-23(20)30(26)19-29(36-31-24-11-5-2-8-21(24)14-17-27(31)34)37-32-25-12-6-3-9-22(25)15-18-28(32)35/h1-12,29H,13-19H2. The molecular formula is C29H27N3O5. The Morgan fingerprint density at radius 2 is 0.946 bits per heavy atom. The van der Waals surface area contributed by atoms with E-state index >= 15 is 0 Å². The molecule has 8 heteroatoms. The van der Waals surface area contributed by atoms with Crippen LogP contribution in [0.2, 0.25) is 0 Å². The van der Waals surface area contributed by atoms with E-state index in [4.69, 9.17) is 9.68 Å². The number of benzene rings is 3. The molecule has 3 amide bonds. The van der Waals surface area contributed by atoms with Gasteiger partial charge in [0.1, 0.15) is 0 Å². The van der Waals surface area contributed by atoms with Crippen LogP contribution in [0, 0.1) is 0 Å². The van der Waals surface area contributed by atoms with Crippen LogP contribution in [0.3, 0.4) is 0 Å². The number of rotatable bonds is 6. The highest BCUT2D eigenvalue weighted by Gasteiger charge is 2.35. The molecule has 0 atom stereocenters. The number of aryl methyl sites for hydroxylation is 3. The third-order valence-corrected chi connectivity index (χ3v) is 7.06. The van der Waals surface area contributed by atoms with Gasteiger partial charge in [0, 0.05) is 24.9 Å². The van der Waals surface area contributed by atoms with Gasteiger partial charge in [-0.05, 0) is 54.2 Å². The molecule has 0 saturated heterocycles. The minimum absolute atomic E-state index is 0.00768. The normalized spacial score (nSPS) is 17.1. The molecule has 0 saturated carbocycles. The van der Waals surface area contributed by atoms with E-state index in [0.717, 1.165) is 22.4 Å². The fourth-order valence-corrected chi connectivity index (χ4v) is 5.19. The highest BCUT2D eigenvalue weighted by atomic mass is 16.9. The maximum atomic E-state index is 13.1. The SMILES string of the molecule is O=C1CCc2ccccc2N1CC(ON1C(=O)CCc2ccccc21)ON1C(=O)CCc2ccccc21. The van der Waals surface area contributed by atoms with Crippen LogP contribution in [0.1, 0.15) is 36.0 Å². The maximum Gasteiger partial charge on any atom is 0.251 e. The molecule has 3 aliphatic rings. The second-order valence-electron chi connectivity index (χ2n) is 9.41. The molecule has 0 radical (unpaired) electrons. The van der Waals surface area contributed by atoms with Crippen molar-refractivity contribution in [3.05, 3.63) is 89.5 Å². The Morgan fingerprint density at radius 1 is 0.541 bits per heavy atom. The second kappa shape index (κ2) is 9.80. The first-order valence-corrected chi connectivity index (χ1v) is 12.6. The predicted octanol–water partition coefficient (Wildman–Crippen LogP) is 4.11. The minimum atomic E-state index is -1.12. The zero-order valence-corrected chi connectivity index (χ0v) is 20.3. The van der Waals surface area contributed by atoms with Gasteiger partial charge in [-0.25, -0.2) is 9.68 Å². The van der Waals surface area contributed by atoms with Gasteiger partial charge < -0.3 is 4.90 Å². The molecular weight excluding hydrogens is 470 g/mol. The minimum Gasteiger partial charge on any atom is -0.307 e. The number of anilines is 3. The van der Waals surface area contributed by atoms with E-state index in [9.17, 15) is 14.4 Å². The number of nitrogens with zero attached hydrogens (tertiary/aromatic N) is 3. The zero-order valence-electron chi connectivity index (χ0n) is 20.3. The van der Waals surface area contributed by atoms with Crippen LogP contribution in [0.25, 0.3) is 0 Å². The molecule has 188 valence electrons. The average molecular weight is 498 g/mol. The molecule has 8 nitrogen and oxygen atoms in total. The summed E-state index contributed by atoms with van der Waals surface area (Å²) in [6, 6.07) is 22.8. The van der Waals surface area contributed by atoms with Gasteiger partial charge >= 0.3 is 0 Å². The van der Waals surface area contributed by atoms with Gasteiger partial charge in [-0.1, -0.05) is 54.6 Å². The van der Waals surface area contributed by atoms with Gasteiger partial charge in [0.2, 0.25) is 12.2 Å². The molecule has 3 aromatic carbocycles. The summed E-state index contributed by atoms with van der Waals surface area (Å²) in [6.07, 6.45) is 1.73. The van der Waals surface area contributed by atoms with E-state index in [-0.39, 0.29) is 24.3 Å². The number of carbonyl (C=O) groups excluding carboxylic acids is 3. The summed E-state index contributed by atoms with van der Waals surface area (Å²) in [5.74, 6) is -0.474. The van der Waals surface area contributed by atoms with Crippen LogP contribution >= 0.6 is 0 Å². The van der Waals surface area contributed by atoms with Crippen LogP contribution in [0.4, 0.5) is 17.1 Å². The van der Waals surface area contributed by atoms with Crippen molar-refractivity contribution >= 4 is 34.8 Å². The number of amides is 3. The number of para-hydroxylation sites is 3. The van der Waals surface area contributed by atoms with Crippen molar-refractivity contribution in [2.24, 2.45) is 0 Å². The zero-order chi connectivity index (χ0) is 25.4. The first-order valence-electron chi connectivity index (χ1n) is 12.6. The summed E-state index contributed by atoms with van der Waals surface area (Å²) in [6.45, 7) is 0.00768. The third kappa shape index (κ3) is 4.50. The van der Waals surface area contributed by atoms with Crippen LogP contribution in [0.15, 0.2) is 72.8 Å². The topological polar surface area (TPSA) is 79.4 Å². The third-order valence-electron chi connectivity index (χ3n) is 7.06. The van der Waals surface area contributed by atoms with E-state index in [0.29, 0.717) is 49.9 Å². The van der Waals surface area contributed by atoms with E-state index < -0.39 is 6.29 Å². The van der Waals surface area contributed by atoms with Crippen molar-refractivity contribution in [1.82, 2.24) is 0 Å². The Morgan fingerprint density at radius 3 is 1.46 bits per heavy atom. The molecule has 0 aromatic heterocycles. The molecule has 3 aliphatic heterocycles. The fraction of sp³-hybridized carbons (Fsp3) is 0.276. The Hall–Kier alpha value is -4.01. The van der Waals surface area contributed by atoms with Gasteiger partial charge in [-0.2, -0.15) is 10.1 Å². The first-order chi connectivity index (χ1) is 18.1. The number of fused-ring (bicyclic) bond motifs is 3. The summed E-state index contributed by atoms with van der Waals surface area (Å²) in [5.41, 5.74) is 5.09.